The minimum atomic E-state index is -0.281. The lowest BCUT2D eigenvalue weighted by Crippen LogP contribution is -2.42. The third kappa shape index (κ3) is 5.35. The van der Waals surface area contributed by atoms with Crippen molar-refractivity contribution in [2.75, 3.05) is 33.4 Å². The highest BCUT2D eigenvalue weighted by Gasteiger charge is 2.24. The van der Waals surface area contributed by atoms with Crippen LogP contribution in [-0.2, 0) is 24.7 Å². The predicted molar refractivity (Wildman–Crippen MR) is 158 cm³/mol. The largest absolute Gasteiger partial charge is 0.493 e. The zero-order valence-electron chi connectivity index (χ0n) is 23.3. The topological polar surface area (TPSA) is 101 Å². The summed E-state index contributed by atoms with van der Waals surface area (Å²) < 4.78 is 13.4. The number of fused-ring (bicyclic) bond motifs is 6. The van der Waals surface area contributed by atoms with Gasteiger partial charge in [-0.05, 0) is 48.2 Å². The molecule has 2 bridgehead atoms. The Balaban J connectivity index is 1.31. The monoisotopic (exact) mass is 551 g/mol. The van der Waals surface area contributed by atoms with Crippen molar-refractivity contribution in [3.8, 4) is 11.5 Å². The van der Waals surface area contributed by atoms with E-state index in [-0.39, 0.29) is 18.4 Å². The fourth-order valence-electron chi connectivity index (χ4n) is 5.61. The minimum Gasteiger partial charge on any atom is -0.493 e. The van der Waals surface area contributed by atoms with E-state index in [2.05, 4.69) is 27.5 Å². The number of aromatic amines is 1. The summed E-state index contributed by atoms with van der Waals surface area (Å²) in [5, 5.41) is 9.44. The first-order chi connectivity index (χ1) is 20.0. The molecule has 3 heterocycles. The number of carbonyl (C=O) groups excluding carboxylic acids is 2. The molecule has 0 saturated heterocycles. The molecule has 0 aliphatic carbocycles. The number of para-hydroxylation sites is 2. The van der Waals surface area contributed by atoms with E-state index in [0.29, 0.717) is 56.2 Å². The van der Waals surface area contributed by atoms with Crippen molar-refractivity contribution in [1.82, 2.24) is 25.0 Å². The Morgan fingerprint density at radius 3 is 2.71 bits per heavy atom. The van der Waals surface area contributed by atoms with E-state index in [1.54, 1.807) is 16.7 Å². The van der Waals surface area contributed by atoms with E-state index in [0.717, 1.165) is 33.1 Å². The van der Waals surface area contributed by atoms with Crippen LogP contribution in [-0.4, -0.2) is 64.8 Å². The van der Waals surface area contributed by atoms with Gasteiger partial charge in [0.1, 0.15) is 0 Å². The molecule has 0 atom stereocenters. The molecule has 0 radical (unpaired) electrons. The van der Waals surface area contributed by atoms with Crippen LogP contribution in [0.25, 0.3) is 21.8 Å². The maximum atomic E-state index is 13.7. The second-order valence-corrected chi connectivity index (χ2v) is 10.3. The van der Waals surface area contributed by atoms with Gasteiger partial charge in [-0.15, -0.1) is 0 Å². The molecule has 2 amide bonds. The summed E-state index contributed by atoms with van der Waals surface area (Å²) in [4.78, 5) is 32.0. The number of aryl methyl sites for hydroxylation is 1. The van der Waals surface area contributed by atoms with Crippen molar-refractivity contribution in [2.45, 2.75) is 19.3 Å². The zero-order chi connectivity index (χ0) is 28.3. The molecule has 5 aromatic rings. The van der Waals surface area contributed by atoms with Crippen molar-refractivity contribution >= 4 is 33.6 Å². The van der Waals surface area contributed by atoms with Crippen LogP contribution in [0.3, 0.4) is 0 Å². The zero-order valence-corrected chi connectivity index (χ0v) is 23.3. The molecule has 3 aromatic carbocycles. The number of carbonyl (C=O) groups is 2. The molecule has 9 nitrogen and oxygen atoms in total. The molecule has 9 heteroatoms. The number of ether oxygens (including phenoxy) is 2. The fraction of sp³-hybridized carbons (Fsp3) is 0.281. The van der Waals surface area contributed by atoms with Gasteiger partial charge in [0, 0.05) is 48.5 Å². The molecule has 0 saturated carbocycles. The number of rotatable bonds is 2. The molecule has 1 aliphatic heterocycles. The average Bonchev–Trinajstić information content (AvgIpc) is 3.51. The van der Waals surface area contributed by atoms with Crippen LogP contribution in [0.4, 0.5) is 0 Å². The molecule has 0 unspecified atom stereocenters. The summed E-state index contributed by atoms with van der Waals surface area (Å²) >= 11 is 0. The van der Waals surface area contributed by atoms with Gasteiger partial charge in [0.05, 0.1) is 25.8 Å². The van der Waals surface area contributed by atoms with E-state index in [1.807, 2.05) is 61.6 Å². The first kappa shape index (κ1) is 26.4. The number of H-pyrrole nitrogens is 1. The lowest BCUT2D eigenvalue weighted by atomic mass is 10.0. The Morgan fingerprint density at radius 1 is 1.05 bits per heavy atom. The standard InChI is InChI=1S/C32H33N5O4/c1-36-27-11-6-4-9-24(27)31(35-36)32(39)37-16-7-17-41-29-19-21(12-13-28(29)40-2)18-26-23(14-15-33-30(38)20-37)22-8-3-5-10-25(22)34-26/h3-6,8-13,19,34H,7,14-18,20H2,1-2H3,(H,33,38). The summed E-state index contributed by atoms with van der Waals surface area (Å²) in [7, 11) is 3.44. The van der Waals surface area contributed by atoms with Crippen LogP contribution >= 0.6 is 0 Å². The summed E-state index contributed by atoms with van der Waals surface area (Å²) in [5.74, 6) is 0.816. The number of nitrogens with zero attached hydrogens (tertiary/aromatic N) is 3. The van der Waals surface area contributed by atoms with E-state index in [4.69, 9.17) is 9.47 Å². The lowest BCUT2D eigenvalue weighted by molar-refractivity contribution is -0.121. The highest BCUT2D eigenvalue weighted by atomic mass is 16.5. The van der Waals surface area contributed by atoms with E-state index in [9.17, 15) is 9.59 Å². The van der Waals surface area contributed by atoms with Crippen LogP contribution in [0.15, 0.2) is 66.7 Å². The highest BCUT2D eigenvalue weighted by molar-refractivity contribution is 6.05. The van der Waals surface area contributed by atoms with Crippen molar-refractivity contribution in [2.24, 2.45) is 7.05 Å². The molecule has 6 rings (SSSR count). The SMILES string of the molecule is COc1ccc2cc1OCCCN(C(=O)c1nn(C)c3ccccc13)CC(=O)NCCc1c([nH]c3ccccc13)C2. The maximum Gasteiger partial charge on any atom is 0.275 e. The third-order valence-corrected chi connectivity index (χ3v) is 7.62. The number of hydrogen-bond acceptors (Lipinski definition) is 5. The Morgan fingerprint density at radius 2 is 1.85 bits per heavy atom. The number of hydrogen-bond donors (Lipinski definition) is 2. The van der Waals surface area contributed by atoms with Gasteiger partial charge >= 0.3 is 0 Å². The van der Waals surface area contributed by atoms with Gasteiger partial charge < -0.3 is 24.7 Å². The van der Waals surface area contributed by atoms with E-state index >= 15 is 0 Å². The molecular formula is C32H33N5O4. The van der Waals surface area contributed by atoms with Crippen LogP contribution in [0, 0.1) is 0 Å². The first-order valence-electron chi connectivity index (χ1n) is 13.9. The van der Waals surface area contributed by atoms with Crippen LogP contribution in [0.5, 0.6) is 11.5 Å². The van der Waals surface area contributed by atoms with Crippen LogP contribution in [0.2, 0.25) is 0 Å². The maximum absolute atomic E-state index is 13.7. The molecule has 0 fully saturated rings. The second-order valence-electron chi connectivity index (χ2n) is 10.3. The predicted octanol–water partition coefficient (Wildman–Crippen LogP) is 4.24. The normalized spacial score (nSPS) is 14.9. The molecule has 2 N–H and O–H groups in total. The molecule has 210 valence electrons. The summed E-state index contributed by atoms with van der Waals surface area (Å²) in [6.45, 7) is 1.08. The third-order valence-electron chi connectivity index (χ3n) is 7.62. The Kier molecular flexibility index (Phi) is 7.33. The number of aromatic nitrogens is 3. The van der Waals surface area contributed by atoms with Crippen molar-refractivity contribution < 1.29 is 19.1 Å². The smallest absolute Gasteiger partial charge is 0.275 e. The molecule has 1 aliphatic rings. The van der Waals surface area contributed by atoms with E-state index in [1.165, 1.54) is 5.56 Å². The highest BCUT2D eigenvalue weighted by Crippen LogP contribution is 2.31. The van der Waals surface area contributed by atoms with Crippen LogP contribution < -0.4 is 14.8 Å². The second kappa shape index (κ2) is 11.4. The Labute approximate surface area is 238 Å². The van der Waals surface area contributed by atoms with E-state index < -0.39 is 0 Å². The first-order valence-corrected chi connectivity index (χ1v) is 13.9. The average molecular weight is 552 g/mol. The molecule has 41 heavy (non-hydrogen) atoms. The van der Waals surface area contributed by atoms with Gasteiger partial charge in [-0.3, -0.25) is 14.3 Å². The fourth-order valence-corrected chi connectivity index (χ4v) is 5.61. The van der Waals surface area contributed by atoms with Gasteiger partial charge in [0.2, 0.25) is 5.91 Å². The summed E-state index contributed by atoms with van der Waals surface area (Å²) in [6, 6.07) is 21.8. The van der Waals surface area contributed by atoms with Crippen molar-refractivity contribution in [3.63, 3.8) is 0 Å². The molecular weight excluding hydrogens is 518 g/mol. The number of methoxy groups -OCH3 is 1. The Hall–Kier alpha value is -4.79. The summed E-state index contributed by atoms with van der Waals surface area (Å²) in [5.41, 5.74) is 5.61. The van der Waals surface area contributed by atoms with Gasteiger partial charge in [-0.1, -0.05) is 42.5 Å². The number of nitrogens with one attached hydrogen (secondary N) is 2. The minimum absolute atomic E-state index is 0.0662. The molecule has 0 spiro atoms. The van der Waals surface area contributed by atoms with Crippen LogP contribution in [0.1, 0.15) is 33.7 Å². The quantitative estimate of drug-likeness (QED) is 0.342. The van der Waals surface area contributed by atoms with Gasteiger partial charge in [0.15, 0.2) is 17.2 Å². The van der Waals surface area contributed by atoms with Crippen molar-refractivity contribution in [1.29, 1.82) is 0 Å². The Bertz CT molecular complexity index is 1740. The van der Waals surface area contributed by atoms with Gasteiger partial charge in [0.25, 0.3) is 5.91 Å². The molecule has 2 aromatic heterocycles. The van der Waals surface area contributed by atoms with Gasteiger partial charge in [-0.25, -0.2) is 0 Å². The lowest BCUT2D eigenvalue weighted by Gasteiger charge is -2.22. The number of amides is 2. The van der Waals surface area contributed by atoms with Gasteiger partial charge in [-0.2, -0.15) is 5.10 Å². The van der Waals surface area contributed by atoms with Crippen molar-refractivity contribution in [3.05, 3.63) is 89.2 Å². The number of benzene rings is 3. The summed E-state index contributed by atoms with van der Waals surface area (Å²) in [6.07, 6.45) is 1.88.